The van der Waals surface area contributed by atoms with Crippen LogP contribution in [0.5, 0.6) is 0 Å². The third-order valence-corrected chi connectivity index (χ3v) is 2.84. The summed E-state index contributed by atoms with van der Waals surface area (Å²) in [7, 11) is 2.01. The average Bonchev–Trinajstić information content (AvgIpc) is 2.36. The van der Waals surface area contributed by atoms with Crippen LogP contribution in [0, 0.1) is 6.92 Å². The van der Waals surface area contributed by atoms with E-state index >= 15 is 0 Å². The second kappa shape index (κ2) is 4.52. The second-order valence-electron chi connectivity index (χ2n) is 2.73. The maximum atomic E-state index is 5.39. The highest BCUT2D eigenvalue weighted by atomic mass is 32.2. The first-order chi connectivity index (χ1) is 5.75. The van der Waals surface area contributed by atoms with Gasteiger partial charge in [-0.05, 0) is 6.92 Å². The van der Waals surface area contributed by atoms with Gasteiger partial charge in [-0.3, -0.25) is 0 Å². The van der Waals surface area contributed by atoms with Gasteiger partial charge < -0.3 is 10.3 Å². The highest BCUT2D eigenvalue weighted by Crippen LogP contribution is 2.12. The molecule has 3 nitrogen and oxygen atoms in total. The number of thioether (sulfide) groups is 1. The van der Waals surface area contributed by atoms with E-state index in [1.807, 2.05) is 29.7 Å². The van der Waals surface area contributed by atoms with Gasteiger partial charge in [-0.2, -0.15) is 11.8 Å². The summed E-state index contributed by atoms with van der Waals surface area (Å²) < 4.78 is 2.04. The molecule has 1 rings (SSSR count). The van der Waals surface area contributed by atoms with Crippen molar-refractivity contribution in [3.8, 4) is 0 Å². The van der Waals surface area contributed by atoms with Crippen molar-refractivity contribution in [1.29, 1.82) is 0 Å². The van der Waals surface area contributed by atoms with Crippen LogP contribution in [0.1, 0.15) is 11.4 Å². The molecule has 0 spiro atoms. The lowest BCUT2D eigenvalue weighted by atomic mass is 10.4. The molecule has 2 N–H and O–H groups in total. The van der Waals surface area contributed by atoms with Gasteiger partial charge in [0.15, 0.2) is 0 Å². The van der Waals surface area contributed by atoms with Gasteiger partial charge in [0.25, 0.3) is 0 Å². The Balaban J connectivity index is 2.46. The molecule has 1 aromatic heterocycles. The molecule has 12 heavy (non-hydrogen) atoms. The van der Waals surface area contributed by atoms with Gasteiger partial charge in [0, 0.05) is 30.8 Å². The standard InChI is InChI=1S/C8H15N3S/c1-7-8(5-12-4-3-9)10-6-11(7)2/h6H,3-5,9H2,1-2H3. The maximum absolute atomic E-state index is 5.39. The molecule has 1 heterocycles. The smallest absolute Gasteiger partial charge is 0.0949 e. The molecule has 0 fully saturated rings. The van der Waals surface area contributed by atoms with Crippen molar-refractivity contribution < 1.29 is 0 Å². The number of aromatic nitrogens is 2. The second-order valence-corrected chi connectivity index (χ2v) is 3.83. The first-order valence-electron chi connectivity index (χ1n) is 4.00. The van der Waals surface area contributed by atoms with E-state index < -0.39 is 0 Å². The van der Waals surface area contributed by atoms with Crippen molar-refractivity contribution in [2.24, 2.45) is 12.8 Å². The van der Waals surface area contributed by atoms with Gasteiger partial charge in [-0.15, -0.1) is 0 Å². The van der Waals surface area contributed by atoms with E-state index in [2.05, 4.69) is 11.9 Å². The fourth-order valence-electron chi connectivity index (χ4n) is 0.934. The number of hydrogen-bond acceptors (Lipinski definition) is 3. The number of rotatable bonds is 4. The molecule has 0 saturated heterocycles. The van der Waals surface area contributed by atoms with E-state index in [9.17, 15) is 0 Å². The van der Waals surface area contributed by atoms with Crippen LogP contribution in [0.25, 0.3) is 0 Å². The minimum absolute atomic E-state index is 0.747. The molecule has 0 aliphatic carbocycles. The first-order valence-corrected chi connectivity index (χ1v) is 5.15. The van der Waals surface area contributed by atoms with Crippen LogP contribution in [-0.4, -0.2) is 21.8 Å². The van der Waals surface area contributed by atoms with Crippen LogP contribution in [0.2, 0.25) is 0 Å². The molecule has 68 valence electrons. The van der Waals surface area contributed by atoms with Gasteiger partial charge >= 0.3 is 0 Å². The lowest BCUT2D eigenvalue weighted by Crippen LogP contribution is -2.01. The summed E-state index contributed by atoms with van der Waals surface area (Å²) in [5, 5.41) is 0. The summed E-state index contributed by atoms with van der Waals surface area (Å²) in [6, 6.07) is 0. The fraction of sp³-hybridized carbons (Fsp3) is 0.625. The molecule has 1 aromatic rings. The zero-order valence-electron chi connectivity index (χ0n) is 7.58. The van der Waals surface area contributed by atoms with E-state index in [1.54, 1.807) is 0 Å². The van der Waals surface area contributed by atoms with Crippen LogP contribution >= 0.6 is 11.8 Å². The monoisotopic (exact) mass is 185 g/mol. The van der Waals surface area contributed by atoms with Crippen LogP contribution < -0.4 is 5.73 Å². The van der Waals surface area contributed by atoms with Crippen LogP contribution in [0.4, 0.5) is 0 Å². The molecular formula is C8H15N3S. The molecule has 0 unspecified atom stereocenters. The largest absolute Gasteiger partial charge is 0.338 e. The summed E-state index contributed by atoms with van der Waals surface area (Å²) in [6.07, 6.45) is 1.85. The van der Waals surface area contributed by atoms with Crippen molar-refractivity contribution >= 4 is 11.8 Å². The Hall–Kier alpha value is -0.480. The molecule has 0 aromatic carbocycles. The van der Waals surface area contributed by atoms with Gasteiger partial charge in [0.05, 0.1) is 12.0 Å². The van der Waals surface area contributed by atoms with Gasteiger partial charge in [0.1, 0.15) is 0 Å². The topological polar surface area (TPSA) is 43.8 Å². The van der Waals surface area contributed by atoms with Gasteiger partial charge in [0.2, 0.25) is 0 Å². The van der Waals surface area contributed by atoms with Crippen LogP contribution in [0.3, 0.4) is 0 Å². The summed E-state index contributed by atoms with van der Waals surface area (Å²) in [5.74, 6) is 1.99. The lowest BCUT2D eigenvalue weighted by molar-refractivity contribution is 0.871. The molecule has 0 atom stereocenters. The van der Waals surface area contributed by atoms with E-state index in [0.717, 1.165) is 18.1 Å². The SMILES string of the molecule is Cc1c(CSCCN)ncn1C. The number of aryl methyl sites for hydroxylation is 1. The maximum Gasteiger partial charge on any atom is 0.0949 e. The summed E-state index contributed by atoms with van der Waals surface area (Å²) in [4.78, 5) is 4.29. The molecule has 0 saturated carbocycles. The highest BCUT2D eigenvalue weighted by molar-refractivity contribution is 7.98. The van der Waals surface area contributed by atoms with E-state index in [0.29, 0.717) is 0 Å². The Labute approximate surface area is 77.4 Å². The summed E-state index contributed by atoms with van der Waals surface area (Å²) in [6.45, 7) is 2.84. The number of nitrogens with two attached hydrogens (primary N) is 1. The minimum Gasteiger partial charge on any atom is -0.338 e. The Morgan fingerprint density at radius 2 is 2.42 bits per heavy atom. The fourth-order valence-corrected chi connectivity index (χ4v) is 1.72. The molecular weight excluding hydrogens is 170 g/mol. The van der Waals surface area contributed by atoms with Gasteiger partial charge in [-0.1, -0.05) is 0 Å². The Kier molecular flexibility index (Phi) is 3.62. The lowest BCUT2D eigenvalue weighted by Gasteiger charge is -1.98. The molecule has 0 radical (unpaired) electrons. The zero-order valence-corrected chi connectivity index (χ0v) is 8.40. The Morgan fingerprint density at radius 3 is 2.92 bits per heavy atom. The first kappa shape index (κ1) is 9.61. The molecule has 4 heteroatoms. The third-order valence-electron chi connectivity index (χ3n) is 1.83. The highest BCUT2D eigenvalue weighted by Gasteiger charge is 2.02. The van der Waals surface area contributed by atoms with Crippen molar-refractivity contribution in [3.63, 3.8) is 0 Å². The number of nitrogens with zero attached hydrogens (tertiary/aromatic N) is 2. The van der Waals surface area contributed by atoms with Crippen molar-refractivity contribution in [2.45, 2.75) is 12.7 Å². The normalized spacial score (nSPS) is 10.6. The van der Waals surface area contributed by atoms with Gasteiger partial charge in [-0.25, -0.2) is 4.98 Å². The molecule has 0 amide bonds. The van der Waals surface area contributed by atoms with E-state index in [1.165, 1.54) is 11.4 Å². The quantitative estimate of drug-likeness (QED) is 0.709. The summed E-state index contributed by atoms with van der Waals surface area (Å²) >= 11 is 1.83. The summed E-state index contributed by atoms with van der Waals surface area (Å²) in [5.41, 5.74) is 7.82. The predicted molar refractivity (Wildman–Crippen MR) is 53.2 cm³/mol. The van der Waals surface area contributed by atoms with Crippen molar-refractivity contribution in [1.82, 2.24) is 9.55 Å². The number of hydrogen-bond donors (Lipinski definition) is 1. The van der Waals surface area contributed by atoms with E-state index in [4.69, 9.17) is 5.73 Å². The molecule has 0 bridgehead atoms. The molecule has 0 aliphatic heterocycles. The predicted octanol–water partition coefficient (Wildman–Crippen LogP) is 0.920. The molecule has 0 aliphatic rings. The van der Waals surface area contributed by atoms with E-state index in [-0.39, 0.29) is 0 Å². The minimum atomic E-state index is 0.747. The Bertz CT molecular complexity index is 244. The van der Waals surface area contributed by atoms with Crippen molar-refractivity contribution in [2.75, 3.05) is 12.3 Å². The van der Waals surface area contributed by atoms with Crippen LogP contribution in [-0.2, 0) is 12.8 Å². The Morgan fingerprint density at radius 1 is 1.67 bits per heavy atom. The average molecular weight is 185 g/mol. The number of imidazole rings is 1. The third kappa shape index (κ3) is 2.25. The van der Waals surface area contributed by atoms with Crippen LogP contribution in [0.15, 0.2) is 6.33 Å². The zero-order chi connectivity index (χ0) is 8.97. The van der Waals surface area contributed by atoms with Crippen molar-refractivity contribution in [3.05, 3.63) is 17.7 Å².